The van der Waals surface area contributed by atoms with E-state index in [1.54, 1.807) is 13.8 Å². The third-order valence-corrected chi connectivity index (χ3v) is 1.77. The molecule has 1 N–H and O–H groups in total. The number of ether oxygens (including phenoxy) is 2. The first-order chi connectivity index (χ1) is 7.12. The molecule has 0 aliphatic carbocycles. The van der Waals surface area contributed by atoms with Gasteiger partial charge in [-0.25, -0.2) is 4.79 Å². The van der Waals surface area contributed by atoms with Gasteiger partial charge in [0.15, 0.2) is 0 Å². The molecular formula is C8H12Cl3NO4. The van der Waals surface area contributed by atoms with Crippen LogP contribution in [0.25, 0.3) is 0 Å². The Morgan fingerprint density at radius 3 is 2.00 bits per heavy atom. The molecule has 0 saturated heterocycles. The van der Waals surface area contributed by atoms with Crippen molar-refractivity contribution >= 4 is 46.9 Å². The lowest BCUT2D eigenvalue weighted by atomic mass is 10.5. The van der Waals surface area contributed by atoms with E-state index in [4.69, 9.17) is 39.5 Å². The number of hydrogen-bond acceptors (Lipinski definition) is 4. The van der Waals surface area contributed by atoms with Crippen molar-refractivity contribution < 1.29 is 19.1 Å². The highest BCUT2D eigenvalue weighted by molar-refractivity contribution is 6.68. The number of amides is 1. The Morgan fingerprint density at radius 2 is 1.69 bits per heavy atom. The predicted molar refractivity (Wildman–Crippen MR) is 60.6 cm³/mol. The number of alkyl carbamates (subject to hydrolysis) is 1. The fourth-order valence-electron chi connectivity index (χ4n) is 0.699. The van der Waals surface area contributed by atoms with Crippen LogP contribution in [0.2, 0.25) is 0 Å². The van der Waals surface area contributed by atoms with Crippen LogP contribution in [0.5, 0.6) is 0 Å². The summed E-state index contributed by atoms with van der Waals surface area (Å²) in [5.41, 5.74) is 0. The van der Waals surface area contributed by atoms with Crippen LogP contribution in [0.4, 0.5) is 4.79 Å². The van der Waals surface area contributed by atoms with Gasteiger partial charge in [0.05, 0.1) is 6.10 Å². The van der Waals surface area contributed by atoms with Gasteiger partial charge in [-0.15, -0.1) is 0 Å². The second-order valence-corrected chi connectivity index (χ2v) is 5.50. The molecule has 0 radical (unpaired) electrons. The number of nitrogens with one attached hydrogen (secondary N) is 1. The monoisotopic (exact) mass is 291 g/mol. The first-order valence-corrected chi connectivity index (χ1v) is 5.47. The molecule has 0 heterocycles. The minimum Gasteiger partial charge on any atom is -0.447 e. The molecule has 5 nitrogen and oxygen atoms in total. The zero-order valence-electron chi connectivity index (χ0n) is 8.92. The Bertz CT molecular complexity index is 264. The molecule has 8 heteroatoms. The molecule has 0 aliphatic heterocycles. The van der Waals surface area contributed by atoms with Crippen LogP contribution in [0.3, 0.4) is 0 Å². The van der Waals surface area contributed by atoms with E-state index < -0.39 is 22.1 Å². The van der Waals surface area contributed by atoms with Crippen molar-refractivity contribution in [1.29, 1.82) is 0 Å². The Morgan fingerprint density at radius 1 is 1.19 bits per heavy atom. The Labute approximate surface area is 108 Å². The lowest BCUT2D eigenvalue weighted by molar-refractivity contribution is -0.147. The van der Waals surface area contributed by atoms with Crippen molar-refractivity contribution in [2.24, 2.45) is 0 Å². The van der Waals surface area contributed by atoms with E-state index in [2.05, 4.69) is 10.1 Å². The zero-order chi connectivity index (χ0) is 12.9. The SMILES string of the molecule is CC(=O)OC(NC(=O)OC(C)C)C(Cl)(Cl)Cl. The predicted octanol–water partition coefficient (Wildman–Crippen LogP) is 2.38. The maximum atomic E-state index is 11.2. The van der Waals surface area contributed by atoms with Gasteiger partial charge < -0.3 is 9.47 Å². The van der Waals surface area contributed by atoms with Crippen molar-refractivity contribution in [2.75, 3.05) is 0 Å². The molecule has 1 unspecified atom stereocenters. The summed E-state index contributed by atoms with van der Waals surface area (Å²) in [6, 6.07) is 0. The van der Waals surface area contributed by atoms with E-state index in [0.717, 1.165) is 6.92 Å². The molecule has 0 aliphatic rings. The van der Waals surface area contributed by atoms with Crippen molar-refractivity contribution in [3.8, 4) is 0 Å². The largest absolute Gasteiger partial charge is 0.447 e. The van der Waals surface area contributed by atoms with Crippen LogP contribution in [0.15, 0.2) is 0 Å². The summed E-state index contributed by atoms with van der Waals surface area (Å²) in [5, 5.41) is 2.12. The number of alkyl halides is 3. The summed E-state index contributed by atoms with van der Waals surface area (Å²) in [6.07, 6.45) is -2.58. The van der Waals surface area contributed by atoms with Gasteiger partial charge in [0, 0.05) is 6.92 Å². The van der Waals surface area contributed by atoms with Crippen LogP contribution >= 0.6 is 34.8 Å². The van der Waals surface area contributed by atoms with Gasteiger partial charge in [-0.1, -0.05) is 34.8 Å². The topological polar surface area (TPSA) is 64.6 Å². The lowest BCUT2D eigenvalue weighted by Gasteiger charge is -2.24. The quantitative estimate of drug-likeness (QED) is 0.493. The maximum absolute atomic E-state index is 11.2. The molecule has 0 spiro atoms. The smallest absolute Gasteiger partial charge is 0.410 e. The van der Waals surface area contributed by atoms with Crippen molar-refractivity contribution in [2.45, 2.75) is 36.9 Å². The maximum Gasteiger partial charge on any atom is 0.410 e. The molecule has 0 rings (SSSR count). The molecule has 0 aromatic heterocycles. The molecular weight excluding hydrogens is 280 g/mol. The summed E-state index contributed by atoms with van der Waals surface area (Å²) in [4.78, 5) is 21.9. The second-order valence-electron chi connectivity index (χ2n) is 3.13. The number of hydrogen-bond donors (Lipinski definition) is 1. The van der Waals surface area contributed by atoms with Gasteiger partial charge >= 0.3 is 12.1 Å². The standard InChI is InChI=1S/C8H12Cl3NO4/c1-4(2)15-7(14)12-6(8(9,10)11)16-5(3)13/h4,6H,1-3H3,(H,12,14). The molecule has 0 aromatic rings. The minimum absolute atomic E-state index is 0.339. The van der Waals surface area contributed by atoms with Gasteiger partial charge in [-0.05, 0) is 13.8 Å². The van der Waals surface area contributed by atoms with Crippen molar-refractivity contribution in [3.05, 3.63) is 0 Å². The third kappa shape index (κ3) is 6.98. The minimum atomic E-state index is -1.97. The van der Waals surface area contributed by atoms with Crippen LogP contribution in [-0.4, -0.2) is 28.2 Å². The van der Waals surface area contributed by atoms with Crippen LogP contribution in [0.1, 0.15) is 20.8 Å². The van der Waals surface area contributed by atoms with E-state index in [1.807, 2.05) is 0 Å². The van der Waals surface area contributed by atoms with E-state index >= 15 is 0 Å². The normalized spacial score (nSPS) is 13.2. The van der Waals surface area contributed by atoms with Gasteiger partial charge in [0.1, 0.15) is 0 Å². The zero-order valence-corrected chi connectivity index (χ0v) is 11.2. The van der Waals surface area contributed by atoms with Crippen molar-refractivity contribution in [1.82, 2.24) is 5.32 Å². The molecule has 1 amide bonds. The molecule has 0 fully saturated rings. The highest BCUT2D eigenvalue weighted by Crippen LogP contribution is 2.31. The average Bonchev–Trinajstić information content (AvgIpc) is 1.98. The fourth-order valence-corrected chi connectivity index (χ4v) is 0.997. The summed E-state index contributed by atoms with van der Waals surface area (Å²) < 4.78 is 7.39. The summed E-state index contributed by atoms with van der Waals surface area (Å²) in [7, 11) is 0. The van der Waals surface area contributed by atoms with Crippen molar-refractivity contribution in [3.63, 3.8) is 0 Å². The Hall–Kier alpha value is -0.390. The molecule has 94 valence electrons. The van der Waals surface area contributed by atoms with Crippen LogP contribution in [0, 0.1) is 0 Å². The Kier molecular flexibility index (Phi) is 6.22. The van der Waals surface area contributed by atoms with E-state index in [9.17, 15) is 9.59 Å². The lowest BCUT2D eigenvalue weighted by Crippen LogP contribution is -2.47. The van der Waals surface area contributed by atoms with Gasteiger partial charge in [0.25, 0.3) is 0 Å². The second kappa shape index (κ2) is 6.37. The third-order valence-electron chi connectivity index (χ3n) is 1.17. The molecule has 0 saturated carbocycles. The number of halogens is 3. The number of esters is 1. The van der Waals surface area contributed by atoms with E-state index in [0.29, 0.717) is 0 Å². The van der Waals surface area contributed by atoms with Gasteiger partial charge in [-0.3, -0.25) is 10.1 Å². The summed E-state index contributed by atoms with van der Waals surface area (Å²) >= 11 is 16.5. The van der Waals surface area contributed by atoms with Crippen LogP contribution in [-0.2, 0) is 14.3 Å². The molecule has 0 aromatic carbocycles. The van der Waals surface area contributed by atoms with Gasteiger partial charge in [0.2, 0.25) is 10.0 Å². The molecule has 16 heavy (non-hydrogen) atoms. The van der Waals surface area contributed by atoms with E-state index in [1.165, 1.54) is 0 Å². The number of carbonyl (C=O) groups is 2. The van der Waals surface area contributed by atoms with E-state index in [-0.39, 0.29) is 6.10 Å². The average molecular weight is 293 g/mol. The number of rotatable bonds is 3. The highest BCUT2D eigenvalue weighted by atomic mass is 35.6. The molecule has 0 bridgehead atoms. The van der Waals surface area contributed by atoms with Gasteiger partial charge in [-0.2, -0.15) is 0 Å². The first kappa shape index (κ1) is 15.6. The fraction of sp³-hybridized carbons (Fsp3) is 0.750. The van der Waals surface area contributed by atoms with Crippen LogP contribution < -0.4 is 5.32 Å². The highest BCUT2D eigenvalue weighted by Gasteiger charge is 2.37. The first-order valence-electron chi connectivity index (χ1n) is 4.34. The Balaban J connectivity index is 4.44. The number of carbonyl (C=O) groups excluding carboxylic acids is 2. The summed E-state index contributed by atoms with van der Waals surface area (Å²) in [6.45, 7) is 4.42. The summed E-state index contributed by atoms with van der Waals surface area (Å²) in [5.74, 6) is -0.693. The molecule has 1 atom stereocenters.